The van der Waals surface area contributed by atoms with Crippen LogP contribution in [0.1, 0.15) is 24.8 Å². The standard InChI is InChI=1S/C14H17N3S/c1-12-5-7-13(8-6-12)16-14(15-11-18)17-9-3-2-4-10-17/h5-8H,2-4,9-10H2,1H3. The minimum atomic E-state index is 0.688. The van der Waals surface area contributed by atoms with E-state index in [1.54, 1.807) is 0 Å². The number of nitrogens with zero attached hydrogens (tertiary/aromatic N) is 3. The van der Waals surface area contributed by atoms with Crippen LogP contribution >= 0.6 is 12.2 Å². The molecule has 2 rings (SSSR count). The Morgan fingerprint density at radius 3 is 2.44 bits per heavy atom. The number of guanidine groups is 1. The van der Waals surface area contributed by atoms with E-state index < -0.39 is 0 Å². The number of aryl methyl sites for hydroxylation is 1. The van der Waals surface area contributed by atoms with Crippen molar-refractivity contribution in [3.8, 4) is 0 Å². The summed E-state index contributed by atoms with van der Waals surface area (Å²) in [7, 11) is 0. The molecule has 0 atom stereocenters. The number of aliphatic imine (C=N–C) groups is 2. The maximum absolute atomic E-state index is 4.71. The van der Waals surface area contributed by atoms with Gasteiger partial charge in [0.2, 0.25) is 5.96 Å². The van der Waals surface area contributed by atoms with E-state index in [0.29, 0.717) is 5.96 Å². The Kier molecular flexibility index (Phi) is 4.62. The minimum absolute atomic E-state index is 0.688. The van der Waals surface area contributed by atoms with Crippen LogP contribution in [0.2, 0.25) is 0 Å². The molecule has 0 aliphatic carbocycles. The highest BCUT2D eigenvalue weighted by Crippen LogP contribution is 2.16. The molecule has 1 fully saturated rings. The third-order valence-corrected chi connectivity index (χ3v) is 3.14. The zero-order valence-electron chi connectivity index (χ0n) is 10.6. The molecule has 0 amide bonds. The average Bonchev–Trinajstić information content (AvgIpc) is 2.42. The zero-order chi connectivity index (χ0) is 12.8. The van der Waals surface area contributed by atoms with Crippen LogP contribution in [0.3, 0.4) is 0 Å². The van der Waals surface area contributed by atoms with Crippen LogP contribution < -0.4 is 0 Å². The van der Waals surface area contributed by atoms with Crippen molar-refractivity contribution in [3.05, 3.63) is 29.8 Å². The molecule has 3 nitrogen and oxygen atoms in total. The predicted molar refractivity (Wildman–Crippen MR) is 78.7 cm³/mol. The number of benzene rings is 1. The molecule has 1 heterocycles. The van der Waals surface area contributed by atoms with E-state index in [4.69, 9.17) is 12.2 Å². The molecule has 0 N–H and O–H groups in total. The van der Waals surface area contributed by atoms with Crippen LogP contribution in [-0.4, -0.2) is 29.1 Å². The van der Waals surface area contributed by atoms with Crippen LogP contribution in [0.5, 0.6) is 0 Å². The van der Waals surface area contributed by atoms with Gasteiger partial charge in [0.15, 0.2) is 0 Å². The molecule has 18 heavy (non-hydrogen) atoms. The number of isothiocyanates is 1. The Labute approximate surface area is 113 Å². The number of piperidine rings is 1. The lowest BCUT2D eigenvalue weighted by Gasteiger charge is -2.26. The maximum atomic E-state index is 4.71. The first-order valence-electron chi connectivity index (χ1n) is 6.28. The molecule has 0 spiro atoms. The molecule has 94 valence electrons. The van der Waals surface area contributed by atoms with Gasteiger partial charge in [-0.1, -0.05) is 17.7 Å². The maximum Gasteiger partial charge on any atom is 0.235 e. The molecule has 1 saturated heterocycles. The van der Waals surface area contributed by atoms with Gasteiger partial charge in [0.25, 0.3) is 0 Å². The summed E-state index contributed by atoms with van der Waals surface area (Å²) in [6, 6.07) is 8.10. The van der Waals surface area contributed by atoms with E-state index in [2.05, 4.69) is 27.0 Å². The first kappa shape index (κ1) is 12.9. The second kappa shape index (κ2) is 6.43. The van der Waals surface area contributed by atoms with Crippen LogP contribution in [0, 0.1) is 6.92 Å². The SMILES string of the molecule is Cc1ccc(N=C(N=C=S)N2CCCCC2)cc1. The fraction of sp³-hybridized carbons (Fsp3) is 0.429. The summed E-state index contributed by atoms with van der Waals surface area (Å²) in [4.78, 5) is 10.8. The lowest BCUT2D eigenvalue weighted by Crippen LogP contribution is -2.34. The topological polar surface area (TPSA) is 28.0 Å². The summed E-state index contributed by atoms with van der Waals surface area (Å²) in [5, 5.41) is 2.43. The van der Waals surface area contributed by atoms with E-state index in [1.807, 2.05) is 24.3 Å². The van der Waals surface area contributed by atoms with Crippen molar-refractivity contribution in [3.63, 3.8) is 0 Å². The monoisotopic (exact) mass is 259 g/mol. The van der Waals surface area contributed by atoms with Gasteiger partial charge in [-0.25, -0.2) is 4.99 Å². The number of hydrogen-bond donors (Lipinski definition) is 0. The molecule has 0 aromatic heterocycles. The second-order valence-corrected chi connectivity index (χ2v) is 4.68. The lowest BCUT2D eigenvalue weighted by atomic mass is 10.1. The molecule has 0 saturated carbocycles. The Balaban J connectivity index is 2.22. The van der Waals surface area contributed by atoms with Gasteiger partial charge in [-0.2, -0.15) is 4.99 Å². The molecule has 1 aliphatic rings. The summed E-state index contributed by atoms with van der Waals surface area (Å²) in [5.74, 6) is 0.688. The molecule has 0 radical (unpaired) electrons. The largest absolute Gasteiger partial charge is 0.340 e. The Morgan fingerprint density at radius 1 is 1.17 bits per heavy atom. The van der Waals surface area contributed by atoms with Gasteiger partial charge in [-0.15, -0.1) is 0 Å². The van der Waals surface area contributed by atoms with Crippen LogP contribution in [0.4, 0.5) is 5.69 Å². The summed E-state index contributed by atoms with van der Waals surface area (Å²) in [6.45, 7) is 4.07. The highest BCUT2D eigenvalue weighted by atomic mass is 32.1. The second-order valence-electron chi connectivity index (χ2n) is 4.50. The normalized spacial score (nSPS) is 16.3. The first-order chi connectivity index (χ1) is 8.79. The van der Waals surface area contributed by atoms with E-state index in [9.17, 15) is 0 Å². The molecule has 1 aromatic carbocycles. The third-order valence-electron chi connectivity index (χ3n) is 3.05. The van der Waals surface area contributed by atoms with Gasteiger partial charge in [-0.05, 0) is 50.5 Å². The number of thiocarbonyl (C=S) groups is 1. The summed E-state index contributed by atoms with van der Waals surface area (Å²) >= 11 is 4.71. The lowest BCUT2D eigenvalue weighted by molar-refractivity contribution is 0.339. The van der Waals surface area contributed by atoms with E-state index in [-0.39, 0.29) is 0 Å². The Bertz CT molecular complexity index is 466. The molecule has 4 heteroatoms. The van der Waals surface area contributed by atoms with Gasteiger partial charge in [0, 0.05) is 13.1 Å². The van der Waals surface area contributed by atoms with Crippen LogP contribution in [0.15, 0.2) is 34.3 Å². The van der Waals surface area contributed by atoms with Crippen molar-refractivity contribution in [1.82, 2.24) is 4.90 Å². The quantitative estimate of drug-likeness (QED) is 0.438. The fourth-order valence-corrected chi connectivity index (χ4v) is 2.12. The summed E-state index contributed by atoms with van der Waals surface area (Å²) < 4.78 is 0. The smallest absolute Gasteiger partial charge is 0.235 e. The van der Waals surface area contributed by atoms with Gasteiger partial charge in [0.1, 0.15) is 0 Å². The summed E-state index contributed by atoms with van der Waals surface area (Å²) in [6.07, 6.45) is 3.68. The molecule has 1 aromatic rings. The zero-order valence-corrected chi connectivity index (χ0v) is 11.4. The highest BCUT2D eigenvalue weighted by Gasteiger charge is 2.14. The molecular weight excluding hydrogens is 242 g/mol. The van der Waals surface area contributed by atoms with Crippen LogP contribution in [-0.2, 0) is 0 Å². The molecule has 0 unspecified atom stereocenters. The fourth-order valence-electron chi connectivity index (χ4n) is 2.04. The number of hydrogen-bond acceptors (Lipinski definition) is 2. The molecular formula is C14H17N3S. The van der Waals surface area contributed by atoms with Crippen molar-refractivity contribution in [2.24, 2.45) is 9.98 Å². The van der Waals surface area contributed by atoms with E-state index >= 15 is 0 Å². The van der Waals surface area contributed by atoms with E-state index in [1.165, 1.54) is 24.8 Å². The Hall–Kier alpha value is -1.51. The molecule has 0 bridgehead atoms. The average molecular weight is 259 g/mol. The number of rotatable bonds is 1. The minimum Gasteiger partial charge on any atom is -0.340 e. The van der Waals surface area contributed by atoms with Crippen molar-refractivity contribution in [2.45, 2.75) is 26.2 Å². The Morgan fingerprint density at radius 2 is 1.83 bits per heavy atom. The van der Waals surface area contributed by atoms with Crippen molar-refractivity contribution in [2.75, 3.05) is 13.1 Å². The van der Waals surface area contributed by atoms with Crippen molar-refractivity contribution >= 4 is 29.0 Å². The highest BCUT2D eigenvalue weighted by molar-refractivity contribution is 7.78. The van der Waals surface area contributed by atoms with Gasteiger partial charge in [0.05, 0.1) is 10.8 Å². The summed E-state index contributed by atoms with van der Waals surface area (Å²) in [5.41, 5.74) is 2.14. The van der Waals surface area contributed by atoms with Gasteiger partial charge >= 0.3 is 0 Å². The predicted octanol–water partition coefficient (Wildman–Crippen LogP) is 3.57. The van der Waals surface area contributed by atoms with E-state index in [0.717, 1.165) is 18.8 Å². The van der Waals surface area contributed by atoms with Gasteiger partial charge < -0.3 is 4.90 Å². The van der Waals surface area contributed by atoms with Crippen molar-refractivity contribution in [1.29, 1.82) is 0 Å². The van der Waals surface area contributed by atoms with Crippen molar-refractivity contribution < 1.29 is 0 Å². The molecule has 1 aliphatic heterocycles. The van der Waals surface area contributed by atoms with Gasteiger partial charge in [-0.3, -0.25) is 0 Å². The van der Waals surface area contributed by atoms with Crippen LogP contribution in [0.25, 0.3) is 0 Å². The number of likely N-dealkylation sites (tertiary alicyclic amines) is 1. The first-order valence-corrected chi connectivity index (χ1v) is 6.68. The third kappa shape index (κ3) is 3.49.